The van der Waals surface area contributed by atoms with Gasteiger partial charge in [0.1, 0.15) is 5.60 Å². The number of ether oxygens (including phenoxy) is 13. The zero-order chi connectivity index (χ0) is 33.8. The molecule has 0 aliphatic rings. The van der Waals surface area contributed by atoms with Crippen LogP contribution in [0.3, 0.4) is 0 Å². The molecule has 0 saturated carbocycles. The highest BCUT2D eigenvalue weighted by atomic mass is 16.6. The van der Waals surface area contributed by atoms with Gasteiger partial charge < -0.3 is 61.6 Å². The zero-order valence-corrected chi connectivity index (χ0v) is 28.6. The highest BCUT2D eigenvalue weighted by Crippen LogP contribution is 2.08. The standard InChI is InChI=1S/C31H60O15/c1-31(2,3)46-30(33)6-8-36-10-12-38-14-16-40-18-20-42-22-24-44-26-28-45-27-25-43-23-21-41-19-17-39-15-13-37-11-9-35-7-5-29(32)34-4/h5-28H2,1-4H3. The molecule has 0 aliphatic carbocycles. The van der Waals surface area contributed by atoms with Crippen molar-refractivity contribution in [2.24, 2.45) is 0 Å². The molecule has 0 bridgehead atoms. The van der Waals surface area contributed by atoms with E-state index in [1.165, 1.54) is 7.11 Å². The lowest BCUT2D eigenvalue weighted by Gasteiger charge is -2.19. The van der Waals surface area contributed by atoms with Gasteiger partial charge in [0.15, 0.2) is 0 Å². The van der Waals surface area contributed by atoms with Crippen molar-refractivity contribution in [2.75, 3.05) is 152 Å². The molecule has 15 heteroatoms. The van der Waals surface area contributed by atoms with E-state index < -0.39 is 5.60 Å². The first kappa shape index (κ1) is 44.5. The third kappa shape index (κ3) is 38.7. The summed E-state index contributed by atoms with van der Waals surface area (Å²) in [7, 11) is 1.35. The van der Waals surface area contributed by atoms with E-state index in [9.17, 15) is 9.59 Å². The van der Waals surface area contributed by atoms with Crippen molar-refractivity contribution in [2.45, 2.75) is 39.2 Å². The van der Waals surface area contributed by atoms with Crippen LogP contribution in [0.5, 0.6) is 0 Å². The van der Waals surface area contributed by atoms with Crippen molar-refractivity contribution in [3.05, 3.63) is 0 Å². The average Bonchev–Trinajstić information content (AvgIpc) is 3.01. The summed E-state index contributed by atoms with van der Waals surface area (Å²) in [6, 6.07) is 0. The summed E-state index contributed by atoms with van der Waals surface area (Å²) in [5.74, 6) is -0.557. The third-order valence-corrected chi connectivity index (χ3v) is 5.27. The van der Waals surface area contributed by atoms with Crippen LogP contribution >= 0.6 is 0 Å². The Balaban J connectivity index is 3.10. The van der Waals surface area contributed by atoms with Gasteiger partial charge in [-0.2, -0.15) is 0 Å². The van der Waals surface area contributed by atoms with Crippen LogP contribution < -0.4 is 0 Å². The summed E-state index contributed by atoms with van der Waals surface area (Å²) in [6.45, 7) is 15.6. The fraction of sp³-hybridized carbons (Fsp3) is 0.935. The minimum Gasteiger partial charge on any atom is -0.469 e. The lowest BCUT2D eigenvalue weighted by Crippen LogP contribution is -2.24. The predicted octanol–water partition coefficient (Wildman–Crippen LogP) is 1.46. The molecule has 15 nitrogen and oxygen atoms in total. The van der Waals surface area contributed by atoms with Gasteiger partial charge in [-0.15, -0.1) is 0 Å². The van der Waals surface area contributed by atoms with Crippen LogP contribution in [-0.2, 0) is 71.2 Å². The van der Waals surface area contributed by atoms with E-state index in [0.717, 1.165) is 0 Å². The first-order valence-corrected chi connectivity index (χ1v) is 16.0. The summed E-state index contributed by atoms with van der Waals surface area (Å²) < 4.78 is 69.3. The highest BCUT2D eigenvalue weighted by Gasteiger charge is 2.15. The van der Waals surface area contributed by atoms with Crippen molar-refractivity contribution in [3.63, 3.8) is 0 Å². The molecule has 0 radical (unpaired) electrons. The molecule has 274 valence electrons. The fourth-order valence-corrected chi connectivity index (χ4v) is 3.11. The van der Waals surface area contributed by atoms with Crippen LogP contribution in [0.2, 0.25) is 0 Å². The van der Waals surface area contributed by atoms with E-state index in [1.54, 1.807) is 0 Å². The Morgan fingerprint density at radius 1 is 0.348 bits per heavy atom. The Morgan fingerprint density at radius 3 is 0.739 bits per heavy atom. The predicted molar refractivity (Wildman–Crippen MR) is 166 cm³/mol. The van der Waals surface area contributed by atoms with E-state index in [2.05, 4.69) is 4.74 Å². The van der Waals surface area contributed by atoms with Gasteiger partial charge in [0.2, 0.25) is 0 Å². The van der Waals surface area contributed by atoms with Crippen LogP contribution in [0, 0.1) is 0 Å². The van der Waals surface area contributed by atoms with E-state index in [0.29, 0.717) is 145 Å². The first-order valence-electron chi connectivity index (χ1n) is 16.0. The second-order valence-corrected chi connectivity index (χ2v) is 10.4. The highest BCUT2D eigenvalue weighted by molar-refractivity contribution is 5.70. The van der Waals surface area contributed by atoms with Gasteiger partial charge in [0.25, 0.3) is 0 Å². The molecule has 0 spiro atoms. The van der Waals surface area contributed by atoms with Gasteiger partial charge in [-0.25, -0.2) is 0 Å². The number of rotatable bonds is 36. The Bertz CT molecular complexity index is 660. The number of hydrogen-bond acceptors (Lipinski definition) is 15. The molecule has 0 atom stereocenters. The van der Waals surface area contributed by atoms with Crippen molar-refractivity contribution < 1.29 is 71.2 Å². The van der Waals surface area contributed by atoms with Gasteiger partial charge in [-0.1, -0.05) is 0 Å². The first-order chi connectivity index (χ1) is 22.3. The van der Waals surface area contributed by atoms with Gasteiger partial charge in [0, 0.05) is 0 Å². The number of carbonyl (C=O) groups excluding carboxylic acids is 2. The maximum absolute atomic E-state index is 11.6. The Morgan fingerprint density at radius 2 is 0.543 bits per heavy atom. The van der Waals surface area contributed by atoms with Crippen LogP contribution in [0.15, 0.2) is 0 Å². The minimum absolute atomic E-state index is 0.228. The van der Waals surface area contributed by atoms with Crippen LogP contribution in [0.1, 0.15) is 33.6 Å². The smallest absolute Gasteiger partial charge is 0.308 e. The maximum Gasteiger partial charge on any atom is 0.308 e. The SMILES string of the molecule is COC(=O)CCOCCOCCOCCOCCOCCOCCOCCOCCOCCOCCOCCC(=O)OC(C)(C)C. The summed E-state index contributed by atoms with van der Waals surface area (Å²) in [5.41, 5.74) is -0.476. The molecule has 0 aliphatic heterocycles. The molecule has 0 aromatic carbocycles. The Kier molecular flexibility index (Phi) is 33.7. The van der Waals surface area contributed by atoms with E-state index in [-0.39, 0.29) is 24.8 Å². The molecule has 46 heavy (non-hydrogen) atoms. The molecule has 0 aromatic heterocycles. The van der Waals surface area contributed by atoms with Crippen molar-refractivity contribution >= 4 is 11.9 Å². The van der Waals surface area contributed by atoms with E-state index in [1.807, 2.05) is 20.8 Å². The van der Waals surface area contributed by atoms with Crippen molar-refractivity contribution in [1.82, 2.24) is 0 Å². The Hall–Kier alpha value is -1.50. The maximum atomic E-state index is 11.6. The monoisotopic (exact) mass is 672 g/mol. The lowest BCUT2D eigenvalue weighted by molar-refractivity contribution is -0.156. The molecule has 0 unspecified atom stereocenters. The quantitative estimate of drug-likeness (QED) is 0.0696. The fourth-order valence-electron chi connectivity index (χ4n) is 3.11. The van der Waals surface area contributed by atoms with Crippen molar-refractivity contribution in [3.8, 4) is 0 Å². The summed E-state index contributed by atoms with van der Waals surface area (Å²) in [4.78, 5) is 22.5. The molecule has 0 saturated heterocycles. The molecule has 0 heterocycles. The third-order valence-electron chi connectivity index (χ3n) is 5.27. The average molecular weight is 673 g/mol. The summed E-state index contributed by atoms with van der Waals surface area (Å²) in [6.07, 6.45) is 0.470. The van der Waals surface area contributed by atoms with Gasteiger partial charge >= 0.3 is 11.9 Å². The number of esters is 2. The largest absolute Gasteiger partial charge is 0.469 e. The summed E-state index contributed by atoms with van der Waals surface area (Å²) >= 11 is 0. The van der Waals surface area contributed by atoms with E-state index in [4.69, 9.17) is 56.8 Å². The Labute approximate surface area is 274 Å². The van der Waals surface area contributed by atoms with Crippen LogP contribution in [-0.4, -0.2) is 170 Å². The van der Waals surface area contributed by atoms with Gasteiger partial charge in [0.05, 0.1) is 165 Å². The lowest BCUT2D eigenvalue weighted by atomic mass is 10.2. The zero-order valence-electron chi connectivity index (χ0n) is 28.6. The number of methoxy groups -OCH3 is 1. The van der Waals surface area contributed by atoms with Crippen molar-refractivity contribution in [1.29, 1.82) is 0 Å². The number of carbonyl (C=O) groups is 2. The molecular weight excluding hydrogens is 612 g/mol. The number of hydrogen-bond donors (Lipinski definition) is 0. The second-order valence-electron chi connectivity index (χ2n) is 10.4. The van der Waals surface area contributed by atoms with Gasteiger partial charge in [-0.05, 0) is 20.8 Å². The van der Waals surface area contributed by atoms with E-state index >= 15 is 0 Å². The summed E-state index contributed by atoms with van der Waals surface area (Å²) in [5, 5.41) is 0. The molecule has 0 amide bonds. The molecule has 0 rings (SSSR count). The van der Waals surface area contributed by atoms with Crippen LogP contribution in [0.25, 0.3) is 0 Å². The molecular formula is C31H60O15. The molecule has 0 aromatic rings. The van der Waals surface area contributed by atoms with Gasteiger partial charge in [-0.3, -0.25) is 9.59 Å². The minimum atomic E-state index is -0.476. The molecule has 0 N–H and O–H groups in total. The topological polar surface area (TPSA) is 154 Å². The molecule has 0 fully saturated rings. The second kappa shape index (κ2) is 34.8. The van der Waals surface area contributed by atoms with Crippen LogP contribution in [0.4, 0.5) is 0 Å². The normalized spacial score (nSPS) is 11.7.